The van der Waals surface area contributed by atoms with Gasteiger partial charge in [0.15, 0.2) is 0 Å². The smallest absolute Gasteiger partial charge is 0.313 e. The Morgan fingerprint density at radius 3 is 2.16 bits per heavy atom. The van der Waals surface area contributed by atoms with Crippen LogP contribution in [0.5, 0.6) is 0 Å². The highest BCUT2D eigenvalue weighted by Crippen LogP contribution is 2.50. The van der Waals surface area contributed by atoms with E-state index < -0.39 is 11.2 Å². The van der Waals surface area contributed by atoms with Crippen molar-refractivity contribution in [3.63, 3.8) is 0 Å². The molecule has 0 radical (unpaired) electrons. The molecule has 1 aliphatic rings. The van der Waals surface area contributed by atoms with Crippen LogP contribution in [0.2, 0.25) is 0 Å². The van der Waals surface area contributed by atoms with Crippen molar-refractivity contribution in [2.24, 2.45) is 0 Å². The first-order valence-corrected chi connectivity index (χ1v) is 11.1. The molecule has 0 unspecified atom stereocenters. The third kappa shape index (κ3) is 2.63. The quantitative estimate of drug-likeness (QED) is 0.360. The molecule has 4 heteroatoms. The fraction of sp³-hybridized carbons (Fsp3) is 0.214. The topological polar surface area (TPSA) is 42.6 Å². The first-order chi connectivity index (χ1) is 15.3. The van der Waals surface area contributed by atoms with Crippen molar-refractivity contribution < 1.29 is 14.2 Å². The van der Waals surface area contributed by atoms with Crippen LogP contribution in [0.25, 0.3) is 55.0 Å². The van der Waals surface area contributed by atoms with Crippen LogP contribution in [-0.4, -0.2) is 23.8 Å². The van der Waals surface area contributed by atoms with Crippen molar-refractivity contribution in [2.75, 3.05) is 0 Å². The molecule has 0 bridgehead atoms. The Balaban J connectivity index is 1.57. The molecule has 6 rings (SSSR count). The highest BCUT2D eigenvalue weighted by atomic mass is 16.5. The van der Waals surface area contributed by atoms with E-state index in [1.54, 1.807) is 13.8 Å². The lowest BCUT2D eigenvalue weighted by Crippen LogP contribution is -2.49. The summed E-state index contributed by atoms with van der Waals surface area (Å²) in [6, 6.07) is 23.6. The molecule has 0 saturated heterocycles. The molecule has 0 amide bonds. The van der Waals surface area contributed by atoms with E-state index in [0.29, 0.717) is 7.48 Å². The zero-order valence-electron chi connectivity index (χ0n) is 18.8. The molecule has 1 aliphatic carbocycles. The van der Waals surface area contributed by atoms with Crippen molar-refractivity contribution >= 4 is 45.7 Å². The van der Waals surface area contributed by atoms with E-state index >= 15 is 0 Å². The lowest BCUT2D eigenvalue weighted by atomic mass is 9.82. The van der Waals surface area contributed by atoms with Crippen LogP contribution in [0.15, 0.2) is 71.1 Å². The molecule has 158 valence electrons. The molecule has 0 atom stereocenters. The second kappa shape index (κ2) is 6.47. The number of hydrogen-bond acceptors (Lipinski definition) is 3. The predicted octanol–water partition coefficient (Wildman–Crippen LogP) is 5.93. The van der Waals surface area contributed by atoms with Crippen LogP contribution in [0, 0.1) is 0 Å². The summed E-state index contributed by atoms with van der Waals surface area (Å²) >= 11 is 0. The van der Waals surface area contributed by atoms with E-state index in [1.807, 2.05) is 19.9 Å². The van der Waals surface area contributed by atoms with Crippen molar-refractivity contribution in [3.05, 3.63) is 66.7 Å². The number of benzene rings is 4. The first kappa shape index (κ1) is 19.6. The third-order valence-electron chi connectivity index (χ3n) is 7.27. The molecule has 0 fully saturated rings. The normalized spacial score (nSPS) is 13.3. The molecule has 5 aromatic rings. The average molecular weight is 420 g/mol. The van der Waals surface area contributed by atoms with Gasteiger partial charge in [0.2, 0.25) is 0 Å². The van der Waals surface area contributed by atoms with Gasteiger partial charge in [-0.25, -0.2) is 0 Å². The van der Waals surface area contributed by atoms with Gasteiger partial charge in [0.25, 0.3) is 0 Å². The fourth-order valence-electron chi connectivity index (χ4n) is 4.77. The third-order valence-corrected chi connectivity index (χ3v) is 7.27. The van der Waals surface area contributed by atoms with Crippen LogP contribution in [0.3, 0.4) is 0 Å². The highest BCUT2D eigenvalue weighted by Gasteiger charge is 2.36. The van der Waals surface area contributed by atoms with Crippen molar-refractivity contribution in [2.45, 2.75) is 38.9 Å². The summed E-state index contributed by atoms with van der Waals surface area (Å²) in [6.45, 7) is 7.37. The number of fused-ring (bicyclic) bond motifs is 7. The minimum atomic E-state index is -0.958. The number of furan rings is 1. The predicted molar refractivity (Wildman–Crippen MR) is 134 cm³/mol. The van der Waals surface area contributed by atoms with Gasteiger partial charge < -0.3 is 14.2 Å². The Morgan fingerprint density at radius 2 is 1.41 bits per heavy atom. The van der Waals surface area contributed by atoms with E-state index in [9.17, 15) is 5.11 Å². The monoisotopic (exact) mass is 420 g/mol. The zero-order valence-corrected chi connectivity index (χ0v) is 18.8. The van der Waals surface area contributed by atoms with Crippen molar-refractivity contribution in [1.29, 1.82) is 0 Å². The van der Waals surface area contributed by atoms with Crippen LogP contribution in [-0.2, 0) is 4.65 Å². The lowest BCUT2D eigenvalue weighted by Gasteiger charge is -2.37. The van der Waals surface area contributed by atoms with Crippen LogP contribution in [0.1, 0.15) is 27.7 Å². The van der Waals surface area contributed by atoms with Crippen molar-refractivity contribution in [3.8, 4) is 22.3 Å². The number of para-hydroxylation sites is 1. The maximum Gasteiger partial charge on any atom is 0.313 e. The summed E-state index contributed by atoms with van der Waals surface area (Å²) in [7, 11) is 0.368. The number of rotatable bonds is 4. The SMILES string of the molecule is CC(C)(O)C(C)(C)OBc1cccc2c1oc1cc3c4c(cccc4c12)-c1ccccc1-3. The van der Waals surface area contributed by atoms with Gasteiger partial charge in [-0.1, -0.05) is 60.7 Å². The van der Waals surface area contributed by atoms with Crippen LogP contribution < -0.4 is 5.46 Å². The molecule has 1 aromatic heterocycles. The van der Waals surface area contributed by atoms with E-state index in [1.165, 1.54) is 33.0 Å². The average Bonchev–Trinajstić information content (AvgIpc) is 3.30. The van der Waals surface area contributed by atoms with Gasteiger partial charge >= 0.3 is 7.48 Å². The van der Waals surface area contributed by atoms with Crippen LogP contribution >= 0.6 is 0 Å². The minimum absolute atomic E-state index is 0.368. The Bertz CT molecular complexity index is 1540. The molecule has 1 heterocycles. The van der Waals surface area contributed by atoms with Gasteiger partial charge in [0.05, 0.1) is 11.2 Å². The Labute approximate surface area is 187 Å². The Morgan fingerprint density at radius 1 is 0.750 bits per heavy atom. The summed E-state index contributed by atoms with van der Waals surface area (Å²) in [5, 5.41) is 15.2. The minimum Gasteiger partial charge on any atom is -0.456 e. The second-order valence-corrected chi connectivity index (χ2v) is 9.82. The standard InChI is InChI=1S/C28H25BO3/c1-27(2,30)28(3,4)32-29-22-14-8-13-20-25-19-12-7-11-18-16-9-5-6-10-17(16)21(24(18)19)15-23(25)31-26(20)22/h5-15,29-30H,1-4H3. The molecule has 1 N–H and O–H groups in total. The first-order valence-electron chi connectivity index (χ1n) is 11.1. The summed E-state index contributed by atoms with van der Waals surface area (Å²) in [4.78, 5) is 0. The number of hydrogen-bond donors (Lipinski definition) is 1. The lowest BCUT2D eigenvalue weighted by molar-refractivity contribution is -0.0893. The maximum absolute atomic E-state index is 10.5. The molecular weight excluding hydrogens is 395 g/mol. The summed E-state index contributed by atoms with van der Waals surface area (Å²) in [5.74, 6) is 0. The van der Waals surface area contributed by atoms with E-state index in [2.05, 4.69) is 60.7 Å². The van der Waals surface area contributed by atoms with Gasteiger partial charge in [-0.3, -0.25) is 0 Å². The molecule has 0 spiro atoms. The molecule has 0 saturated carbocycles. The Hall–Kier alpha value is -3.08. The molecule has 32 heavy (non-hydrogen) atoms. The maximum atomic E-state index is 10.5. The molecular formula is C28H25BO3. The van der Waals surface area contributed by atoms with E-state index in [0.717, 1.165) is 27.4 Å². The van der Waals surface area contributed by atoms with Crippen LogP contribution in [0.4, 0.5) is 0 Å². The molecule has 4 aromatic carbocycles. The van der Waals surface area contributed by atoms with Crippen molar-refractivity contribution in [1.82, 2.24) is 0 Å². The van der Waals surface area contributed by atoms with Gasteiger partial charge in [-0.05, 0) is 72.3 Å². The Kier molecular flexibility index (Phi) is 3.96. The van der Waals surface area contributed by atoms with Gasteiger partial charge in [0, 0.05) is 10.8 Å². The molecule has 0 aliphatic heterocycles. The summed E-state index contributed by atoms with van der Waals surface area (Å²) in [6.07, 6.45) is 0. The van der Waals surface area contributed by atoms with Gasteiger partial charge in [0.1, 0.15) is 11.2 Å². The molecule has 3 nitrogen and oxygen atoms in total. The zero-order chi connectivity index (χ0) is 22.3. The summed E-state index contributed by atoms with van der Waals surface area (Å²) in [5.41, 5.74) is 6.15. The second-order valence-electron chi connectivity index (χ2n) is 9.82. The van der Waals surface area contributed by atoms with E-state index in [-0.39, 0.29) is 0 Å². The van der Waals surface area contributed by atoms with Gasteiger partial charge in [-0.15, -0.1) is 0 Å². The number of aliphatic hydroxyl groups is 1. The largest absolute Gasteiger partial charge is 0.456 e. The summed E-state index contributed by atoms with van der Waals surface area (Å²) < 4.78 is 12.6. The fourth-order valence-corrected chi connectivity index (χ4v) is 4.77. The van der Waals surface area contributed by atoms with E-state index in [4.69, 9.17) is 9.07 Å². The highest BCUT2D eigenvalue weighted by molar-refractivity contribution is 6.51. The van der Waals surface area contributed by atoms with Gasteiger partial charge in [-0.2, -0.15) is 0 Å².